The third-order valence-corrected chi connectivity index (χ3v) is 5.55. The Bertz CT molecular complexity index is 826. The average Bonchev–Trinajstić information content (AvgIpc) is 2.98. The zero-order chi connectivity index (χ0) is 18.5. The van der Waals surface area contributed by atoms with E-state index >= 15 is 0 Å². The summed E-state index contributed by atoms with van der Waals surface area (Å²) < 4.78 is 6.37. The standard InChI is InChI=1S/C21H21NO2S2/c1-3-14(2)17-8-10-18(11-9-17)24-13-16-6-4-15(5-7-16)12-19-20(23)22-21(25)26-19/h4-12,14H,3,13H2,1-2H3,(H,22,23,25)/b19-12-. The van der Waals surface area contributed by atoms with Crippen molar-refractivity contribution in [3.05, 3.63) is 70.1 Å². The number of carbonyl (C=O) groups excluding carboxylic acids is 1. The lowest BCUT2D eigenvalue weighted by atomic mass is 9.99. The first-order valence-electron chi connectivity index (χ1n) is 8.61. The molecule has 1 aliphatic rings. The van der Waals surface area contributed by atoms with E-state index in [0.717, 1.165) is 23.3 Å². The quantitative estimate of drug-likeness (QED) is 0.545. The zero-order valence-electron chi connectivity index (χ0n) is 14.8. The molecule has 3 nitrogen and oxygen atoms in total. The minimum atomic E-state index is -0.131. The Morgan fingerprint density at radius 3 is 2.42 bits per heavy atom. The normalized spacial score (nSPS) is 16.6. The second-order valence-electron chi connectivity index (χ2n) is 6.26. The van der Waals surface area contributed by atoms with Crippen LogP contribution in [0.1, 0.15) is 42.9 Å². The Balaban J connectivity index is 1.59. The molecule has 1 saturated heterocycles. The van der Waals surface area contributed by atoms with Gasteiger partial charge in [-0.25, -0.2) is 0 Å². The lowest BCUT2D eigenvalue weighted by molar-refractivity contribution is -0.115. The smallest absolute Gasteiger partial charge is 0.263 e. The second-order valence-corrected chi connectivity index (χ2v) is 7.98. The first kappa shape index (κ1) is 18.7. The molecule has 2 aromatic carbocycles. The van der Waals surface area contributed by atoms with Crippen molar-refractivity contribution in [3.63, 3.8) is 0 Å². The van der Waals surface area contributed by atoms with Gasteiger partial charge in [-0.3, -0.25) is 4.79 Å². The van der Waals surface area contributed by atoms with E-state index < -0.39 is 0 Å². The highest BCUT2D eigenvalue weighted by molar-refractivity contribution is 8.26. The molecule has 1 amide bonds. The highest BCUT2D eigenvalue weighted by atomic mass is 32.2. The van der Waals surface area contributed by atoms with Gasteiger partial charge in [0.25, 0.3) is 5.91 Å². The fourth-order valence-electron chi connectivity index (χ4n) is 2.58. The average molecular weight is 384 g/mol. The third-order valence-electron chi connectivity index (χ3n) is 4.39. The van der Waals surface area contributed by atoms with Gasteiger partial charge in [0.1, 0.15) is 16.7 Å². The Kier molecular flexibility index (Phi) is 6.12. The number of hydrogen-bond acceptors (Lipinski definition) is 4. The van der Waals surface area contributed by atoms with Crippen molar-refractivity contribution in [1.29, 1.82) is 0 Å². The summed E-state index contributed by atoms with van der Waals surface area (Å²) in [4.78, 5) is 12.3. The molecule has 0 aliphatic carbocycles. The molecular formula is C21H21NO2S2. The van der Waals surface area contributed by atoms with Gasteiger partial charge in [0.05, 0.1) is 4.91 Å². The van der Waals surface area contributed by atoms with Crippen molar-refractivity contribution >= 4 is 40.3 Å². The first-order valence-corrected chi connectivity index (χ1v) is 9.84. The van der Waals surface area contributed by atoms with Gasteiger partial charge in [-0.15, -0.1) is 0 Å². The van der Waals surface area contributed by atoms with Gasteiger partial charge in [-0.05, 0) is 47.2 Å². The van der Waals surface area contributed by atoms with E-state index in [2.05, 4.69) is 31.3 Å². The number of nitrogens with one attached hydrogen (secondary N) is 1. The number of hydrogen-bond donors (Lipinski definition) is 1. The summed E-state index contributed by atoms with van der Waals surface area (Å²) in [7, 11) is 0. The van der Waals surface area contributed by atoms with Gasteiger partial charge in [-0.1, -0.05) is 74.2 Å². The topological polar surface area (TPSA) is 38.3 Å². The van der Waals surface area contributed by atoms with Crippen LogP contribution in [0.25, 0.3) is 6.08 Å². The van der Waals surface area contributed by atoms with Gasteiger partial charge >= 0.3 is 0 Å². The van der Waals surface area contributed by atoms with E-state index in [-0.39, 0.29) is 5.91 Å². The lowest BCUT2D eigenvalue weighted by Crippen LogP contribution is -2.17. The summed E-state index contributed by atoms with van der Waals surface area (Å²) in [6, 6.07) is 16.3. The van der Waals surface area contributed by atoms with Crippen molar-refractivity contribution in [2.45, 2.75) is 32.8 Å². The Morgan fingerprint density at radius 1 is 1.15 bits per heavy atom. The van der Waals surface area contributed by atoms with Crippen molar-refractivity contribution < 1.29 is 9.53 Å². The van der Waals surface area contributed by atoms with Crippen LogP contribution >= 0.6 is 24.0 Å². The number of benzene rings is 2. The summed E-state index contributed by atoms with van der Waals surface area (Å²) in [5.41, 5.74) is 3.39. The third kappa shape index (κ3) is 4.74. The molecule has 1 N–H and O–H groups in total. The van der Waals surface area contributed by atoms with Crippen LogP contribution in [0.5, 0.6) is 5.75 Å². The highest BCUT2D eigenvalue weighted by Crippen LogP contribution is 2.26. The van der Waals surface area contributed by atoms with E-state index in [1.807, 2.05) is 42.5 Å². The van der Waals surface area contributed by atoms with Crippen LogP contribution in [-0.4, -0.2) is 10.2 Å². The summed E-state index contributed by atoms with van der Waals surface area (Å²) in [6.45, 7) is 4.94. The highest BCUT2D eigenvalue weighted by Gasteiger charge is 2.21. The van der Waals surface area contributed by atoms with Gasteiger partial charge in [0, 0.05) is 0 Å². The zero-order valence-corrected chi connectivity index (χ0v) is 16.5. The SMILES string of the molecule is CCC(C)c1ccc(OCc2ccc(/C=C3\SC(=S)NC3=O)cc2)cc1. The van der Waals surface area contributed by atoms with E-state index in [1.54, 1.807) is 0 Å². The van der Waals surface area contributed by atoms with E-state index in [9.17, 15) is 4.79 Å². The summed E-state index contributed by atoms with van der Waals surface area (Å²) in [5.74, 6) is 1.31. The molecule has 0 aromatic heterocycles. The molecule has 1 atom stereocenters. The maximum Gasteiger partial charge on any atom is 0.263 e. The van der Waals surface area contributed by atoms with Crippen LogP contribution < -0.4 is 10.1 Å². The second kappa shape index (κ2) is 8.52. The van der Waals surface area contributed by atoms with Gasteiger partial charge in [-0.2, -0.15) is 0 Å². The van der Waals surface area contributed by atoms with Gasteiger partial charge in [0.15, 0.2) is 0 Å². The Labute approximate surface area is 163 Å². The van der Waals surface area contributed by atoms with Crippen molar-refractivity contribution in [2.75, 3.05) is 0 Å². The number of carbonyl (C=O) groups is 1. The van der Waals surface area contributed by atoms with Crippen LogP contribution in [0.3, 0.4) is 0 Å². The lowest BCUT2D eigenvalue weighted by Gasteiger charge is -2.11. The molecule has 134 valence electrons. The minimum absolute atomic E-state index is 0.131. The summed E-state index contributed by atoms with van der Waals surface area (Å²) in [5, 5.41) is 2.62. The summed E-state index contributed by atoms with van der Waals surface area (Å²) >= 11 is 6.29. The molecule has 26 heavy (non-hydrogen) atoms. The molecule has 1 fully saturated rings. The predicted molar refractivity (Wildman–Crippen MR) is 112 cm³/mol. The van der Waals surface area contributed by atoms with Crippen LogP contribution in [0.15, 0.2) is 53.4 Å². The largest absolute Gasteiger partial charge is 0.489 e. The van der Waals surface area contributed by atoms with Crippen LogP contribution in [0, 0.1) is 0 Å². The van der Waals surface area contributed by atoms with Crippen LogP contribution in [0.2, 0.25) is 0 Å². The molecule has 0 saturated carbocycles. The molecule has 1 heterocycles. The molecular weight excluding hydrogens is 362 g/mol. The Morgan fingerprint density at radius 2 is 1.85 bits per heavy atom. The molecule has 0 radical (unpaired) electrons. The van der Waals surface area contributed by atoms with Gasteiger partial charge in [0.2, 0.25) is 0 Å². The van der Waals surface area contributed by atoms with E-state index in [1.165, 1.54) is 17.3 Å². The van der Waals surface area contributed by atoms with E-state index in [0.29, 0.717) is 21.8 Å². The molecule has 1 unspecified atom stereocenters. The molecule has 5 heteroatoms. The molecule has 0 spiro atoms. The van der Waals surface area contributed by atoms with Crippen molar-refractivity contribution in [3.8, 4) is 5.75 Å². The van der Waals surface area contributed by atoms with Crippen LogP contribution in [-0.2, 0) is 11.4 Å². The number of rotatable bonds is 6. The maximum absolute atomic E-state index is 11.7. The van der Waals surface area contributed by atoms with Crippen molar-refractivity contribution in [2.24, 2.45) is 0 Å². The van der Waals surface area contributed by atoms with Gasteiger partial charge < -0.3 is 10.1 Å². The number of amides is 1. The summed E-state index contributed by atoms with van der Waals surface area (Å²) in [6.07, 6.45) is 2.98. The molecule has 0 bridgehead atoms. The monoisotopic (exact) mass is 383 g/mol. The molecule has 3 rings (SSSR count). The first-order chi connectivity index (χ1) is 12.5. The van der Waals surface area contributed by atoms with Crippen molar-refractivity contribution in [1.82, 2.24) is 5.32 Å². The van der Waals surface area contributed by atoms with Crippen LogP contribution in [0.4, 0.5) is 0 Å². The Hall–Kier alpha value is -2.11. The fourth-order valence-corrected chi connectivity index (χ4v) is 3.62. The minimum Gasteiger partial charge on any atom is -0.489 e. The molecule has 2 aromatic rings. The molecule has 1 aliphatic heterocycles. The number of ether oxygens (including phenoxy) is 1. The number of thiocarbonyl (C=S) groups is 1. The fraction of sp³-hybridized carbons (Fsp3) is 0.238. The number of thioether (sulfide) groups is 1. The predicted octanol–water partition coefficient (Wildman–Crippen LogP) is 5.27. The van der Waals surface area contributed by atoms with E-state index in [4.69, 9.17) is 17.0 Å². The maximum atomic E-state index is 11.7.